The van der Waals surface area contributed by atoms with Crippen LogP contribution in [-0.2, 0) is 10.3 Å². The summed E-state index contributed by atoms with van der Waals surface area (Å²) in [5.74, 6) is 1.03. The number of aliphatic hydroxyl groups is 1. The van der Waals surface area contributed by atoms with Crippen LogP contribution in [0.3, 0.4) is 0 Å². The molecule has 1 aliphatic rings. The molecule has 2 atom stereocenters. The van der Waals surface area contributed by atoms with E-state index in [1.54, 1.807) is 7.11 Å². The minimum absolute atomic E-state index is 0. The van der Waals surface area contributed by atoms with E-state index in [9.17, 15) is 5.11 Å². The second-order valence-corrected chi connectivity index (χ2v) is 8.76. The Labute approximate surface area is 171 Å². The molecular formula is C22H38ClNO3. The van der Waals surface area contributed by atoms with Gasteiger partial charge in [-0.15, -0.1) is 12.4 Å². The maximum atomic E-state index is 11.9. The molecule has 2 rings (SSSR count). The van der Waals surface area contributed by atoms with Crippen LogP contribution in [0.5, 0.6) is 5.75 Å². The number of benzene rings is 1. The highest BCUT2D eigenvalue weighted by Gasteiger charge is 2.40. The van der Waals surface area contributed by atoms with Crippen molar-refractivity contribution in [3.8, 4) is 5.75 Å². The molecule has 27 heavy (non-hydrogen) atoms. The molecule has 0 amide bonds. The minimum atomic E-state index is -0.865. The highest BCUT2D eigenvalue weighted by Crippen LogP contribution is 2.42. The fourth-order valence-corrected chi connectivity index (χ4v) is 3.70. The van der Waals surface area contributed by atoms with Crippen molar-refractivity contribution >= 4 is 12.4 Å². The van der Waals surface area contributed by atoms with E-state index in [0.29, 0.717) is 6.61 Å². The van der Waals surface area contributed by atoms with Gasteiger partial charge in [0.05, 0.1) is 12.2 Å². The number of ether oxygens (including phenoxy) is 2. The Morgan fingerprint density at radius 3 is 2.56 bits per heavy atom. The highest BCUT2D eigenvalue weighted by molar-refractivity contribution is 5.85. The second-order valence-electron chi connectivity index (χ2n) is 8.76. The van der Waals surface area contributed by atoms with Crippen molar-refractivity contribution in [3.63, 3.8) is 0 Å². The Kier molecular flexibility index (Phi) is 10.1. The predicted octanol–water partition coefficient (Wildman–Crippen LogP) is 4.54. The van der Waals surface area contributed by atoms with Gasteiger partial charge < -0.3 is 19.9 Å². The smallest absolute Gasteiger partial charge is 0.125 e. The van der Waals surface area contributed by atoms with Gasteiger partial charge in [0.15, 0.2) is 0 Å². The third-order valence-corrected chi connectivity index (χ3v) is 5.14. The first-order valence-electron chi connectivity index (χ1n) is 10.0. The molecule has 1 aromatic carbocycles. The molecule has 5 heteroatoms. The van der Waals surface area contributed by atoms with Gasteiger partial charge in [-0.3, -0.25) is 0 Å². The van der Waals surface area contributed by atoms with Gasteiger partial charge in [0.25, 0.3) is 0 Å². The van der Waals surface area contributed by atoms with Crippen molar-refractivity contribution in [2.24, 2.45) is 11.3 Å². The lowest BCUT2D eigenvalue weighted by Crippen LogP contribution is -2.44. The number of piperidine rings is 1. The van der Waals surface area contributed by atoms with E-state index in [-0.39, 0.29) is 23.7 Å². The van der Waals surface area contributed by atoms with Crippen LogP contribution in [-0.4, -0.2) is 38.5 Å². The van der Waals surface area contributed by atoms with E-state index in [1.807, 2.05) is 24.3 Å². The normalized spacial score (nSPS) is 19.8. The van der Waals surface area contributed by atoms with Gasteiger partial charge in [-0.1, -0.05) is 39.0 Å². The second kappa shape index (κ2) is 11.3. The Hall–Kier alpha value is -0.810. The molecule has 2 N–H and O–H groups in total. The van der Waals surface area contributed by atoms with E-state index in [1.165, 1.54) is 0 Å². The van der Waals surface area contributed by atoms with Gasteiger partial charge in [-0.2, -0.15) is 0 Å². The van der Waals surface area contributed by atoms with Crippen molar-refractivity contribution in [3.05, 3.63) is 29.8 Å². The maximum absolute atomic E-state index is 11.9. The first kappa shape index (κ1) is 24.2. The van der Waals surface area contributed by atoms with Gasteiger partial charge in [-0.05, 0) is 50.1 Å². The SMILES string of the molecule is COCCCC[C@](O)(c1ccccc1OCC(C)(C)C)[C@H]1CCCNC1.Cl. The molecule has 1 heterocycles. The molecule has 0 bridgehead atoms. The molecule has 156 valence electrons. The monoisotopic (exact) mass is 399 g/mol. The van der Waals surface area contributed by atoms with Gasteiger partial charge in [-0.25, -0.2) is 0 Å². The predicted molar refractivity (Wildman–Crippen MR) is 114 cm³/mol. The molecular weight excluding hydrogens is 362 g/mol. The standard InChI is InChI=1S/C22H37NO3.ClH/c1-21(2,3)17-26-20-12-6-5-11-19(20)22(24,13-7-8-15-25-4)18-10-9-14-23-16-18;/h5-6,11-12,18,23-24H,7-10,13-17H2,1-4H3;1H/t18-,22+;/m0./s1. The average molecular weight is 400 g/mol. The Morgan fingerprint density at radius 2 is 1.93 bits per heavy atom. The fraction of sp³-hybridized carbons (Fsp3) is 0.727. The number of unbranched alkanes of at least 4 members (excludes halogenated alkanes) is 1. The molecule has 1 aliphatic heterocycles. The van der Waals surface area contributed by atoms with Crippen LogP contribution < -0.4 is 10.1 Å². The zero-order valence-corrected chi connectivity index (χ0v) is 18.2. The summed E-state index contributed by atoms with van der Waals surface area (Å²) in [5.41, 5.74) is 0.154. The number of hydrogen-bond acceptors (Lipinski definition) is 4. The van der Waals surface area contributed by atoms with Crippen LogP contribution in [0, 0.1) is 11.3 Å². The fourth-order valence-electron chi connectivity index (χ4n) is 3.70. The quantitative estimate of drug-likeness (QED) is 0.598. The molecule has 1 aromatic rings. The molecule has 1 fully saturated rings. The summed E-state index contributed by atoms with van der Waals surface area (Å²) in [6.45, 7) is 9.76. The lowest BCUT2D eigenvalue weighted by molar-refractivity contribution is -0.0456. The van der Waals surface area contributed by atoms with Gasteiger partial charge >= 0.3 is 0 Å². The number of rotatable bonds is 9. The molecule has 4 nitrogen and oxygen atoms in total. The minimum Gasteiger partial charge on any atom is -0.493 e. The average Bonchev–Trinajstić information content (AvgIpc) is 2.64. The molecule has 1 saturated heterocycles. The summed E-state index contributed by atoms with van der Waals surface area (Å²) < 4.78 is 11.3. The zero-order chi connectivity index (χ0) is 19.0. The molecule has 0 spiro atoms. The van der Waals surface area contributed by atoms with Crippen LogP contribution in [0.1, 0.15) is 58.4 Å². The van der Waals surface area contributed by atoms with Crippen molar-refractivity contribution in [2.45, 2.75) is 58.5 Å². The topological polar surface area (TPSA) is 50.7 Å². The highest BCUT2D eigenvalue weighted by atomic mass is 35.5. The molecule has 0 unspecified atom stereocenters. The summed E-state index contributed by atoms with van der Waals surface area (Å²) >= 11 is 0. The first-order chi connectivity index (χ1) is 12.4. The van der Waals surface area contributed by atoms with E-state index in [0.717, 1.165) is 63.1 Å². The van der Waals surface area contributed by atoms with Crippen LogP contribution in [0.2, 0.25) is 0 Å². The van der Waals surface area contributed by atoms with E-state index >= 15 is 0 Å². The van der Waals surface area contributed by atoms with E-state index in [2.05, 4.69) is 26.1 Å². The summed E-state index contributed by atoms with van der Waals surface area (Å²) in [6, 6.07) is 8.04. The summed E-state index contributed by atoms with van der Waals surface area (Å²) in [7, 11) is 1.73. The number of nitrogens with one attached hydrogen (secondary N) is 1. The lowest BCUT2D eigenvalue weighted by atomic mass is 9.74. The zero-order valence-electron chi connectivity index (χ0n) is 17.4. The first-order valence-corrected chi connectivity index (χ1v) is 10.0. The maximum Gasteiger partial charge on any atom is 0.125 e. The molecule has 0 radical (unpaired) electrons. The van der Waals surface area contributed by atoms with Crippen molar-refractivity contribution in [2.75, 3.05) is 33.4 Å². The number of hydrogen-bond donors (Lipinski definition) is 2. The number of methoxy groups -OCH3 is 1. The van der Waals surface area contributed by atoms with E-state index < -0.39 is 5.60 Å². The van der Waals surface area contributed by atoms with Crippen LogP contribution in [0.25, 0.3) is 0 Å². The van der Waals surface area contributed by atoms with Crippen molar-refractivity contribution < 1.29 is 14.6 Å². The third kappa shape index (κ3) is 7.26. The lowest BCUT2D eigenvalue weighted by Gasteiger charge is -2.40. The third-order valence-electron chi connectivity index (χ3n) is 5.14. The number of para-hydroxylation sites is 1. The number of halogens is 1. The summed E-state index contributed by atoms with van der Waals surface area (Å²) in [4.78, 5) is 0. The van der Waals surface area contributed by atoms with Crippen LogP contribution in [0.15, 0.2) is 24.3 Å². The van der Waals surface area contributed by atoms with E-state index in [4.69, 9.17) is 9.47 Å². The Morgan fingerprint density at radius 1 is 1.19 bits per heavy atom. The van der Waals surface area contributed by atoms with Gasteiger partial charge in [0.2, 0.25) is 0 Å². The molecule has 0 saturated carbocycles. The van der Waals surface area contributed by atoms with Crippen molar-refractivity contribution in [1.29, 1.82) is 0 Å². The summed E-state index contributed by atoms with van der Waals surface area (Å²) in [6.07, 6.45) is 4.79. The molecule has 0 aromatic heterocycles. The Balaban J connectivity index is 0.00000364. The van der Waals surface area contributed by atoms with Crippen molar-refractivity contribution in [1.82, 2.24) is 5.32 Å². The van der Waals surface area contributed by atoms with Gasteiger partial charge in [0, 0.05) is 31.7 Å². The van der Waals surface area contributed by atoms with Crippen LogP contribution >= 0.6 is 12.4 Å². The molecule has 0 aliphatic carbocycles. The largest absolute Gasteiger partial charge is 0.493 e. The van der Waals surface area contributed by atoms with Crippen LogP contribution in [0.4, 0.5) is 0 Å². The van der Waals surface area contributed by atoms with Gasteiger partial charge in [0.1, 0.15) is 5.75 Å². The Bertz CT molecular complexity index is 541. The summed E-state index contributed by atoms with van der Waals surface area (Å²) in [5, 5.41) is 15.3.